The van der Waals surface area contributed by atoms with Crippen LogP contribution in [0.15, 0.2) is 53.7 Å². The lowest BCUT2D eigenvalue weighted by Gasteiger charge is -2.04. The van der Waals surface area contributed by atoms with Crippen molar-refractivity contribution in [1.29, 1.82) is 0 Å². The highest BCUT2D eigenvalue weighted by molar-refractivity contribution is 7.99. The van der Waals surface area contributed by atoms with Crippen LogP contribution in [-0.2, 0) is 4.79 Å². The number of aromatic nitrogens is 2. The Bertz CT molecular complexity index is 749. The van der Waals surface area contributed by atoms with Crippen molar-refractivity contribution in [1.82, 2.24) is 9.97 Å². The number of rotatable bonds is 4. The van der Waals surface area contributed by atoms with Crippen molar-refractivity contribution in [2.24, 2.45) is 0 Å². The van der Waals surface area contributed by atoms with Gasteiger partial charge in [0.2, 0.25) is 5.91 Å². The molecule has 2 N–H and O–H groups in total. The molecule has 1 heterocycles. The van der Waals surface area contributed by atoms with E-state index >= 15 is 0 Å². The maximum absolute atomic E-state index is 11.9. The second kappa shape index (κ2) is 6.01. The van der Waals surface area contributed by atoms with Gasteiger partial charge in [-0.15, -0.1) is 0 Å². The van der Waals surface area contributed by atoms with Crippen LogP contribution >= 0.6 is 11.8 Å². The molecular weight excluding hydrogens is 282 g/mol. The molecule has 21 heavy (non-hydrogen) atoms. The Labute approximate surface area is 127 Å². The zero-order valence-corrected chi connectivity index (χ0v) is 12.4. The van der Waals surface area contributed by atoms with Crippen LogP contribution in [-0.4, -0.2) is 21.6 Å². The van der Waals surface area contributed by atoms with Crippen LogP contribution < -0.4 is 5.32 Å². The van der Waals surface area contributed by atoms with E-state index in [9.17, 15) is 4.79 Å². The number of amides is 1. The Morgan fingerprint density at radius 1 is 1.24 bits per heavy atom. The van der Waals surface area contributed by atoms with Gasteiger partial charge in [0.1, 0.15) is 0 Å². The summed E-state index contributed by atoms with van der Waals surface area (Å²) in [7, 11) is 0. The molecule has 4 nitrogen and oxygen atoms in total. The molecule has 0 aliphatic heterocycles. The Morgan fingerprint density at radius 3 is 2.90 bits per heavy atom. The summed E-state index contributed by atoms with van der Waals surface area (Å²) in [5.74, 6) is 0.291. The molecule has 0 bridgehead atoms. The standard InChI is InChI=1S/C16H15N3OS/c1-11-5-4-6-12(9-11)17-15(20)10-21-16-18-13-7-2-3-8-14(13)19-16/h2-9H,10H2,1H3,(H,17,20)(H,18,19). The number of aryl methyl sites for hydroxylation is 1. The summed E-state index contributed by atoms with van der Waals surface area (Å²) < 4.78 is 0. The number of nitrogens with zero attached hydrogens (tertiary/aromatic N) is 1. The summed E-state index contributed by atoms with van der Waals surface area (Å²) in [6.07, 6.45) is 0. The molecule has 1 amide bonds. The summed E-state index contributed by atoms with van der Waals surface area (Å²) in [4.78, 5) is 19.6. The SMILES string of the molecule is Cc1cccc(NC(=O)CSc2nc3ccccc3[nH]2)c1. The molecule has 0 radical (unpaired) electrons. The van der Waals surface area contributed by atoms with Crippen molar-refractivity contribution in [2.45, 2.75) is 12.1 Å². The van der Waals surface area contributed by atoms with Gasteiger partial charge in [0.15, 0.2) is 5.16 Å². The number of nitrogens with one attached hydrogen (secondary N) is 2. The highest BCUT2D eigenvalue weighted by Gasteiger charge is 2.07. The maximum atomic E-state index is 11.9. The number of benzene rings is 2. The molecule has 0 fully saturated rings. The Kier molecular flexibility index (Phi) is 3.92. The van der Waals surface area contributed by atoms with E-state index in [0.29, 0.717) is 5.75 Å². The molecule has 0 saturated heterocycles. The van der Waals surface area contributed by atoms with Gasteiger partial charge in [-0.05, 0) is 36.8 Å². The number of fused-ring (bicyclic) bond motifs is 1. The normalized spacial score (nSPS) is 10.7. The molecule has 1 aromatic heterocycles. The minimum Gasteiger partial charge on any atom is -0.333 e. The van der Waals surface area contributed by atoms with Crippen LogP contribution in [0.4, 0.5) is 5.69 Å². The Morgan fingerprint density at radius 2 is 2.10 bits per heavy atom. The van der Waals surface area contributed by atoms with Crippen molar-refractivity contribution in [3.8, 4) is 0 Å². The van der Waals surface area contributed by atoms with E-state index in [-0.39, 0.29) is 5.91 Å². The van der Waals surface area contributed by atoms with Crippen LogP contribution in [0, 0.1) is 6.92 Å². The highest BCUT2D eigenvalue weighted by Crippen LogP contribution is 2.19. The lowest BCUT2D eigenvalue weighted by atomic mass is 10.2. The van der Waals surface area contributed by atoms with Crippen molar-refractivity contribution >= 4 is 34.4 Å². The molecular formula is C16H15N3OS. The fraction of sp³-hybridized carbons (Fsp3) is 0.125. The van der Waals surface area contributed by atoms with Gasteiger partial charge in [-0.25, -0.2) is 4.98 Å². The van der Waals surface area contributed by atoms with Gasteiger partial charge in [-0.1, -0.05) is 36.0 Å². The molecule has 3 rings (SSSR count). The molecule has 0 spiro atoms. The lowest BCUT2D eigenvalue weighted by molar-refractivity contribution is -0.113. The number of H-pyrrole nitrogens is 1. The number of carbonyl (C=O) groups excluding carboxylic acids is 1. The molecule has 0 aliphatic carbocycles. The van der Waals surface area contributed by atoms with E-state index in [0.717, 1.165) is 27.4 Å². The van der Waals surface area contributed by atoms with E-state index in [2.05, 4.69) is 15.3 Å². The average molecular weight is 297 g/mol. The monoisotopic (exact) mass is 297 g/mol. The van der Waals surface area contributed by atoms with E-state index in [1.54, 1.807) is 0 Å². The number of hydrogen-bond donors (Lipinski definition) is 2. The zero-order chi connectivity index (χ0) is 14.7. The highest BCUT2D eigenvalue weighted by atomic mass is 32.2. The van der Waals surface area contributed by atoms with Gasteiger partial charge >= 0.3 is 0 Å². The fourth-order valence-electron chi connectivity index (χ4n) is 2.05. The molecule has 0 unspecified atom stereocenters. The van der Waals surface area contributed by atoms with Gasteiger partial charge in [0.05, 0.1) is 16.8 Å². The molecule has 5 heteroatoms. The lowest BCUT2D eigenvalue weighted by Crippen LogP contribution is -2.14. The molecule has 0 atom stereocenters. The van der Waals surface area contributed by atoms with Crippen LogP contribution in [0.25, 0.3) is 11.0 Å². The summed E-state index contributed by atoms with van der Waals surface area (Å²) >= 11 is 1.40. The van der Waals surface area contributed by atoms with Crippen molar-refractivity contribution in [3.05, 3.63) is 54.1 Å². The average Bonchev–Trinajstić information content (AvgIpc) is 2.88. The van der Waals surface area contributed by atoms with Crippen LogP contribution in [0.1, 0.15) is 5.56 Å². The van der Waals surface area contributed by atoms with E-state index in [1.807, 2.05) is 55.5 Å². The van der Waals surface area contributed by atoms with Crippen LogP contribution in [0.3, 0.4) is 0 Å². The summed E-state index contributed by atoms with van der Waals surface area (Å²) in [6, 6.07) is 15.6. The van der Waals surface area contributed by atoms with E-state index in [4.69, 9.17) is 0 Å². The third kappa shape index (κ3) is 3.44. The maximum Gasteiger partial charge on any atom is 0.234 e. The summed E-state index contributed by atoms with van der Waals surface area (Å²) in [5, 5.41) is 3.65. The first kappa shape index (κ1) is 13.7. The number of aromatic amines is 1. The first-order chi connectivity index (χ1) is 10.2. The quantitative estimate of drug-likeness (QED) is 0.723. The Hall–Kier alpha value is -2.27. The summed E-state index contributed by atoms with van der Waals surface area (Å²) in [6.45, 7) is 2.00. The van der Waals surface area contributed by atoms with Crippen molar-refractivity contribution in [3.63, 3.8) is 0 Å². The van der Waals surface area contributed by atoms with Crippen molar-refractivity contribution < 1.29 is 4.79 Å². The number of thioether (sulfide) groups is 1. The van der Waals surface area contributed by atoms with Gasteiger partial charge in [0.25, 0.3) is 0 Å². The van der Waals surface area contributed by atoms with Gasteiger partial charge < -0.3 is 10.3 Å². The van der Waals surface area contributed by atoms with Gasteiger partial charge in [-0.3, -0.25) is 4.79 Å². The van der Waals surface area contributed by atoms with Crippen LogP contribution in [0.5, 0.6) is 0 Å². The fourth-order valence-corrected chi connectivity index (χ4v) is 2.74. The smallest absolute Gasteiger partial charge is 0.234 e. The number of para-hydroxylation sites is 2. The van der Waals surface area contributed by atoms with Gasteiger partial charge in [-0.2, -0.15) is 0 Å². The van der Waals surface area contributed by atoms with Crippen molar-refractivity contribution in [2.75, 3.05) is 11.1 Å². The third-order valence-electron chi connectivity index (χ3n) is 3.01. The number of imidazole rings is 1. The topological polar surface area (TPSA) is 57.8 Å². The minimum absolute atomic E-state index is 0.0361. The number of carbonyl (C=O) groups is 1. The predicted octanol–water partition coefficient (Wildman–Crippen LogP) is 3.60. The summed E-state index contributed by atoms with van der Waals surface area (Å²) in [5.41, 5.74) is 3.85. The molecule has 106 valence electrons. The first-order valence-corrected chi connectivity index (χ1v) is 7.63. The second-order valence-electron chi connectivity index (χ2n) is 4.77. The van der Waals surface area contributed by atoms with E-state index in [1.165, 1.54) is 11.8 Å². The number of anilines is 1. The Balaban J connectivity index is 1.60. The van der Waals surface area contributed by atoms with Crippen LogP contribution in [0.2, 0.25) is 0 Å². The zero-order valence-electron chi connectivity index (χ0n) is 11.6. The first-order valence-electron chi connectivity index (χ1n) is 6.65. The van der Waals surface area contributed by atoms with Gasteiger partial charge in [0, 0.05) is 5.69 Å². The minimum atomic E-state index is -0.0361. The molecule has 0 aliphatic rings. The molecule has 0 saturated carbocycles. The number of hydrogen-bond acceptors (Lipinski definition) is 3. The molecule has 3 aromatic rings. The largest absolute Gasteiger partial charge is 0.333 e. The second-order valence-corrected chi connectivity index (χ2v) is 5.73. The van der Waals surface area contributed by atoms with E-state index < -0.39 is 0 Å². The third-order valence-corrected chi connectivity index (χ3v) is 3.88. The predicted molar refractivity (Wildman–Crippen MR) is 86.6 cm³/mol. The molecule has 2 aromatic carbocycles.